The number of halogens is 3. The Morgan fingerprint density at radius 2 is 1.95 bits per heavy atom. The molecule has 116 valence electrons. The molecular formula is C14H16F3NO3. The number of ether oxygens (including phenoxy) is 1. The molecule has 1 fully saturated rings. The van der Waals surface area contributed by atoms with Gasteiger partial charge >= 0.3 is 12.3 Å². The minimum Gasteiger partial charge on any atom is -0.481 e. The van der Waals surface area contributed by atoms with Gasteiger partial charge in [-0.1, -0.05) is 19.1 Å². The molecule has 0 bridgehead atoms. The summed E-state index contributed by atoms with van der Waals surface area (Å²) in [5, 5.41) is 9.06. The van der Waals surface area contributed by atoms with E-state index in [2.05, 4.69) is 4.74 Å². The van der Waals surface area contributed by atoms with Crippen LogP contribution in [0, 0.1) is 11.8 Å². The number of carboxylic acid groups (broad SMARTS) is 1. The molecule has 0 amide bonds. The van der Waals surface area contributed by atoms with Crippen molar-refractivity contribution in [1.29, 1.82) is 0 Å². The van der Waals surface area contributed by atoms with Crippen molar-refractivity contribution < 1.29 is 27.8 Å². The number of hydrogen-bond donors (Lipinski definition) is 1. The number of carboxylic acids is 1. The van der Waals surface area contributed by atoms with Gasteiger partial charge in [-0.3, -0.25) is 9.69 Å². The number of carbonyl (C=O) groups is 1. The number of nitrogens with zero attached hydrogens (tertiary/aromatic N) is 1. The first-order valence-corrected chi connectivity index (χ1v) is 6.54. The standard InChI is InChI=1S/C14H16F3NO3/c1-9-6-18(8-12(9)13(19)20)7-10-2-4-11(5-3-10)21-14(15,16)17/h2-5,9,12H,6-8H2,1H3,(H,19,20). The van der Waals surface area contributed by atoms with Crippen LogP contribution in [0.5, 0.6) is 5.75 Å². The predicted octanol–water partition coefficient (Wildman–Crippen LogP) is 2.74. The third kappa shape index (κ3) is 4.35. The lowest BCUT2D eigenvalue weighted by atomic mass is 9.99. The lowest BCUT2D eigenvalue weighted by Crippen LogP contribution is -2.23. The second kappa shape index (κ2) is 5.93. The van der Waals surface area contributed by atoms with Crippen molar-refractivity contribution >= 4 is 5.97 Å². The summed E-state index contributed by atoms with van der Waals surface area (Å²) in [7, 11) is 0. The van der Waals surface area contributed by atoms with Crippen molar-refractivity contribution in [2.24, 2.45) is 11.8 Å². The number of alkyl halides is 3. The van der Waals surface area contributed by atoms with E-state index in [1.54, 1.807) is 12.1 Å². The maximum absolute atomic E-state index is 12.0. The molecule has 1 aliphatic rings. The van der Waals surface area contributed by atoms with Crippen LogP contribution in [-0.2, 0) is 11.3 Å². The van der Waals surface area contributed by atoms with Crippen LogP contribution in [0.3, 0.4) is 0 Å². The molecule has 7 heteroatoms. The number of hydrogen-bond acceptors (Lipinski definition) is 3. The molecule has 4 nitrogen and oxygen atoms in total. The van der Waals surface area contributed by atoms with Gasteiger partial charge < -0.3 is 9.84 Å². The molecule has 1 saturated heterocycles. The molecule has 0 radical (unpaired) electrons. The lowest BCUT2D eigenvalue weighted by molar-refractivity contribution is -0.274. The number of rotatable bonds is 4. The van der Waals surface area contributed by atoms with Gasteiger partial charge in [-0.2, -0.15) is 0 Å². The summed E-state index contributed by atoms with van der Waals surface area (Å²) < 4.78 is 39.9. The highest BCUT2D eigenvalue weighted by atomic mass is 19.4. The third-order valence-corrected chi connectivity index (χ3v) is 3.57. The van der Waals surface area contributed by atoms with Gasteiger partial charge in [0.25, 0.3) is 0 Å². The summed E-state index contributed by atoms with van der Waals surface area (Å²) >= 11 is 0. The highest BCUT2D eigenvalue weighted by molar-refractivity contribution is 5.71. The fraction of sp³-hybridized carbons (Fsp3) is 0.500. The van der Waals surface area contributed by atoms with Crippen molar-refractivity contribution in [3.05, 3.63) is 29.8 Å². The average molecular weight is 303 g/mol. The summed E-state index contributed by atoms with van der Waals surface area (Å²) in [5.74, 6) is -1.39. The van der Waals surface area contributed by atoms with Crippen LogP contribution < -0.4 is 4.74 Å². The maximum Gasteiger partial charge on any atom is 0.573 e. The second-order valence-electron chi connectivity index (χ2n) is 5.31. The maximum atomic E-state index is 12.0. The van der Waals surface area contributed by atoms with Crippen molar-refractivity contribution in [3.8, 4) is 5.75 Å². The summed E-state index contributed by atoms with van der Waals surface area (Å²) in [5.41, 5.74) is 0.822. The van der Waals surface area contributed by atoms with Crippen LogP contribution in [0.1, 0.15) is 12.5 Å². The molecule has 2 atom stereocenters. The topological polar surface area (TPSA) is 49.8 Å². The van der Waals surface area contributed by atoms with Crippen LogP contribution in [0.25, 0.3) is 0 Å². The van der Waals surface area contributed by atoms with E-state index < -0.39 is 18.2 Å². The van der Waals surface area contributed by atoms with Gasteiger partial charge in [0, 0.05) is 19.6 Å². The van der Waals surface area contributed by atoms with E-state index in [-0.39, 0.29) is 11.7 Å². The highest BCUT2D eigenvalue weighted by Gasteiger charge is 2.34. The Hall–Kier alpha value is -1.76. The van der Waals surface area contributed by atoms with Crippen molar-refractivity contribution in [3.63, 3.8) is 0 Å². The Morgan fingerprint density at radius 3 is 2.43 bits per heavy atom. The Morgan fingerprint density at radius 1 is 1.33 bits per heavy atom. The largest absolute Gasteiger partial charge is 0.573 e. The molecule has 1 aromatic carbocycles. The molecule has 1 aromatic rings. The zero-order chi connectivity index (χ0) is 15.6. The van der Waals surface area contributed by atoms with Gasteiger partial charge in [-0.15, -0.1) is 13.2 Å². The summed E-state index contributed by atoms with van der Waals surface area (Å²) in [6.07, 6.45) is -4.69. The Kier molecular flexibility index (Phi) is 4.41. The minimum atomic E-state index is -4.69. The van der Waals surface area contributed by atoms with Gasteiger partial charge in [0.05, 0.1) is 5.92 Å². The van der Waals surface area contributed by atoms with Gasteiger partial charge in [-0.25, -0.2) is 0 Å². The Bertz CT molecular complexity index is 501. The van der Waals surface area contributed by atoms with Gasteiger partial charge in [0.1, 0.15) is 5.75 Å². The first-order chi connectivity index (χ1) is 9.74. The summed E-state index contributed by atoms with van der Waals surface area (Å²) in [4.78, 5) is 13.0. The van der Waals surface area contributed by atoms with E-state index in [0.717, 1.165) is 5.56 Å². The normalized spacial score (nSPS) is 23.2. The smallest absolute Gasteiger partial charge is 0.481 e. The highest BCUT2D eigenvalue weighted by Crippen LogP contribution is 2.26. The molecule has 1 N–H and O–H groups in total. The monoisotopic (exact) mass is 303 g/mol. The predicted molar refractivity (Wildman–Crippen MR) is 68.7 cm³/mol. The molecule has 21 heavy (non-hydrogen) atoms. The number of benzene rings is 1. The Balaban J connectivity index is 1.94. The summed E-state index contributed by atoms with van der Waals surface area (Å²) in [6, 6.07) is 5.63. The van der Waals surface area contributed by atoms with E-state index in [4.69, 9.17) is 5.11 Å². The molecule has 0 aromatic heterocycles. The third-order valence-electron chi connectivity index (χ3n) is 3.57. The van der Waals surface area contributed by atoms with Crippen molar-refractivity contribution in [2.45, 2.75) is 19.8 Å². The zero-order valence-electron chi connectivity index (χ0n) is 11.4. The molecule has 0 aliphatic carbocycles. The van der Waals surface area contributed by atoms with Gasteiger partial charge in [0.2, 0.25) is 0 Å². The first kappa shape index (κ1) is 15.6. The van der Waals surface area contributed by atoms with Crippen LogP contribution >= 0.6 is 0 Å². The van der Waals surface area contributed by atoms with Crippen LogP contribution in [0.4, 0.5) is 13.2 Å². The molecule has 0 saturated carbocycles. The van der Waals surface area contributed by atoms with Crippen molar-refractivity contribution in [1.82, 2.24) is 4.90 Å². The number of aliphatic carboxylic acids is 1. The zero-order valence-corrected chi connectivity index (χ0v) is 11.4. The molecule has 1 aliphatic heterocycles. The van der Waals surface area contributed by atoms with E-state index in [9.17, 15) is 18.0 Å². The van der Waals surface area contributed by atoms with E-state index in [1.165, 1.54) is 12.1 Å². The van der Waals surface area contributed by atoms with Crippen LogP contribution in [0.15, 0.2) is 24.3 Å². The molecule has 2 rings (SSSR count). The quantitative estimate of drug-likeness (QED) is 0.929. The first-order valence-electron chi connectivity index (χ1n) is 6.54. The molecular weight excluding hydrogens is 287 g/mol. The van der Waals surface area contributed by atoms with Gasteiger partial charge in [-0.05, 0) is 23.6 Å². The van der Waals surface area contributed by atoms with Crippen LogP contribution in [0.2, 0.25) is 0 Å². The fourth-order valence-electron chi connectivity index (χ4n) is 2.57. The fourth-order valence-corrected chi connectivity index (χ4v) is 2.57. The van der Waals surface area contributed by atoms with E-state index in [0.29, 0.717) is 19.6 Å². The van der Waals surface area contributed by atoms with Crippen molar-refractivity contribution in [2.75, 3.05) is 13.1 Å². The summed E-state index contributed by atoms with van der Waals surface area (Å²) in [6.45, 7) is 3.52. The van der Waals surface area contributed by atoms with Crippen LogP contribution in [-0.4, -0.2) is 35.4 Å². The molecule has 1 heterocycles. The molecule has 0 spiro atoms. The average Bonchev–Trinajstić information content (AvgIpc) is 2.71. The minimum absolute atomic E-state index is 0.0651. The Labute approximate surface area is 120 Å². The number of likely N-dealkylation sites (tertiary alicyclic amines) is 1. The van der Waals surface area contributed by atoms with E-state index >= 15 is 0 Å². The molecule has 2 unspecified atom stereocenters. The lowest BCUT2D eigenvalue weighted by Gasteiger charge is -2.16. The van der Waals surface area contributed by atoms with Gasteiger partial charge in [0.15, 0.2) is 0 Å². The second-order valence-corrected chi connectivity index (χ2v) is 5.31. The SMILES string of the molecule is CC1CN(Cc2ccc(OC(F)(F)F)cc2)CC1C(=O)O. The van der Waals surface area contributed by atoms with E-state index in [1.807, 2.05) is 11.8 Å².